The van der Waals surface area contributed by atoms with Crippen LogP contribution in [0.15, 0.2) is 53.3 Å². The molecule has 0 unspecified atom stereocenters. The van der Waals surface area contributed by atoms with Gasteiger partial charge in [0, 0.05) is 25.7 Å². The van der Waals surface area contributed by atoms with E-state index in [4.69, 9.17) is 4.42 Å². The normalized spacial score (nSPS) is 18.2. The van der Waals surface area contributed by atoms with Crippen molar-refractivity contribution < 1.29 is 18.8 Å². The molecule has 4 amide bonds. The molecule has 170 valence electrons. The second kappa shape index (κ2) is 9.89. The maximum atomic E-state index is 13.2. The van der Waals surface area contributed by atoms with Gasteiger partial charge >= 0.3 is 6.03 Å². The number of nitrogens with zero attached hydrogens (tertiary/aromatic N) is 1. The van der Waals surface area contributed by atoms with Crippen LogP contribution in [-0.4, -0.2) is 47.4 Å². The van der Waals surface area contributed by atoms with Gasteiger partial charge in [-0.15, -0.1) is 0 Å². The molecule has 3 N–H and O–H groups in total. The molecule has 0 spiro atoms. The van der Waals surface area contributed by atoms with Gasteiger partial charge in [0.15, 0.2) is 0 Å². The zero-order valence-electron chi connectivity index (χ0n) is 18.1. The van der Waals surface area contributed by atoms with Gasteiger partial charge in [-0.2, -0.15) is 0 Å². The lowest BCUT2D eigenvalue weighted by atomic mass is 9.94. The smallest absolute Gasteiger partial charge is 0.315 e. The van der Waals surface area contributed by atoms with Gasteiger partial charge in [0.05, 0.1) is 11.8 Å². The van der Waals surface area contributed by atoms with E-state index in [0.29, 0.717) is 50.9 Å². The van der Waals surface area contributed by atoms with Crippen molar-refractivity contribution >= 4 is 17.8 Å². The van der Waals surface area contributed by atoms with Crippen molar-refractivity contribution in [2.75, 3.05) is 13.1 Å². The maximum absolute atomic E-state index is 13.2. The van der Waals surface area contributed by atoms with Crippen LogP contribution in [0.3, 0.4) is 0 Å². The Balaban J connectivity index is 1.28. The Hall–Kier alpha value is -3.29. The fourth-order valence-corrected chi connectivity index (χ4v) is 4.55. The lowest BCUT2D eigenvalue weighted by Gasteiger charge is -2.35. The fourth-order valence-electron chi connectivity index (χ4n) is 4.55. The van der Waals surface area contributed by atoms with Gasteiger partial charge in [-0.3, -0.25) is 9.59 Å². The zero-order chi connectivity index (χ0) is 22.4. The Morgan fingerprint density at radius 3 is 2.41 bits per heavy atom. The fraction of sp³-hybridized carbons (Fsp3) is 0.458. The van der Waals surface area contributed by atoms with Crippen LogP contribution >= 0.6 is 0 Å². The third-order valence-corrected chi connectivity index (χ3v) is 6.43. The molecule has 1 aromatic carbocycles. The van der Waals surface area contributed by atoms with Crippen molar-refractivity contribution in [1.29, 1.82) is 0 Å². The van der Waals surface area contributed by atoms with E-state index in [0.717, 1.165) is 18.4 Å². The van der Waals surface area contributed by atoms with Crippen LogP contribution in [0.25, 0.3) is 0 Å². The molecular formula is C24H30N4O4. The molecule has 2 aliphatic rings. The number of hydrogen-bond donors (Lipinski definition) is 3. The standard InChI is InChI=1S/C24H30N4O4/c29-21(19-10-15-32-17-19)28-13-8-20(9-14-28)26-22(30)24(11-4-5-12-24)27-23(31)25-16-18-6-2-1-3-7-18/h1-3,6-7,10,15,17,20H,4-5,8-9,11-14,16H2,(H,26,30)(H2,25,27,31). The van der Waals surface area contributed by atoms with Crippen molar-refractivity contribution in [3.63, 3.8) is 0 Å². The number of hydrogen-bond acceptors (Lipinski definition) is 4. The van der Waals surface area contributed by atoms with Crippen molar-refractivity contribution in [2.24, 2.45) is 0 Å². The quantitative estimate of drug-likeness (QED) is 0.645. The number of amides is 4. The lowest BCUT2D eigenvalue weighted by molar-refractivity contribution is -0.128. The third-order valence-electron chi connectivity index (χ3n) is 6.43. The molecule has 2 aromatic rings. The summed E-state index contributed by atoms with van der Waals surface area (Å²) in [6.07, 6.45) is 7.40. The molecule has 8 nitrogen and oxygen atoms in total. The van der Waals surface area contributed by atoms with Crippen molar-refractivity contribution in [3.05, 3.63) is 60.1 Å². The molecule has 0 bridgehead atoms. The van der Waals surface area contributed by atoms with Crippen molar-refractivity contribution in [3.8, 4) is 0 Å². The highest BCUT2D eigenvalue weighted by Crippen LogP contribution is 2.30. The van der Waals surface area contributed by atoms with E-state index in [1.165, 1.54) is 12.5 Å². The van der Waals surface area contributed by atoms with Crippen molar-refractivity contribution in [2.45, 2.75) is 56.7 Å². The topological polar surface area (TPSA) is 104 Å². The molecule has 1 aromatic heterocycles. The van der Waals surface area contributed by atoms with E-state index in [1.54, 1.807) is 11.0 Å². The van der Waals surface area contributed by atoms with E-state index in [-0.39, 0.29) is 23.9 Å². The number of benzene rings is 1. The first-order valence-corrected chi connectivity index (χ1v) is 11.3. The number of furan rings is 1. The largest absolute Gasteiger partial charge is 0.472 e. The number of rotatable bonds is 6. The monoisotopic (exact) mass is 438 g/mol. The number of piperidine rings is 1. The third kappa shape index (κ3) is 5.12. The zero-order valence-corrected chi connectivity index (χ0v) is 18.1. The second-order valence-electron chi connectivity index (χ2n) is 8.63. The molecule has 1 saturated heterocycles. The molecule has 2 fully saturated rings. The summed E-state index contributed by atoms with van der Waals surface area (Å²) in [6.45, 7) is 1.56. The average Bonchev–Trinajstić information content (AvgIpc) is 3.52. The minimum absolute atomic E-state index is 0.0115. The van der Waals surface area contributed by atoms with Crippen molar-refractivity contribution in [1.82, 2.24) is 20.9 Å². The van der Waals surface area contributed by atoms with E-state index < -0.39 is 5.54 Å². The van der Waals surface area contributed by atoms with Crippen LogP contribution in [-0.2, 0) is 11.3 Å². The molecule has 2 heterocycles. The predicted molar refractivity (Wildman–Crippen MR) is 119 cm³/mol. The highest BCUT2D eigenvalue weighted by atomic mass is 16.3. The number of likely N-dealkylation sites (tertiary alicyclic amines) is 1. The van der Waals surface area contributed by atoms with Crippen LogP contribution in [0.1, 0.15) is 54.4 Å². The molecule has 4 rings (SSSR count). The van der Waals surface area contributed by atoms with Gasteiger partial charge in [-0.05, 0) is 37.3 Å². The number of urea groups is 1. The van der Waals surface area contributed by atoms with Gasteiger partial charge in [0.2, 0.25) is 5.91 Å². The Labute approximate surface area is 187 Å². The average molecular weight is 439 g/mol. The molecule has 0 atom stereocenters. The van der Waals surface area contributed by atoms with E-state index in [1.807, 2.05) is 30.3 Å². The summed E-state index contributed by atoms with van der Waals surface area (Å²) < 4.78 is 5.00. The van der Waals surface area contributed by atoms with Crippen LogP contribution < -0.4 is 16.0 Å². The van der Waals surface area contributed by atoms with Gasteiger partial charge in [-0.1, -0.05) is 43.2 Å². The second-order valence-corrected chi connectivity index (χ2v) is 8.63. The maximum Gasteiger partial charge on any atom is 0.315 e. The molecular weight excluding hydrogens is 408 g/mol. The highest BCUT2D eigenvalue weighted by molar-refractivity contribution is 5.94. The van der Waals surface area contributed by atoms with Crippen LogP contribution in [0, 0.1) is 0 Å². The van der Waals surface area contributed by atoms with Crippen LogP contribution in [0.5, 0.6) is 0 Å². The van der Waals surface area contributed by atoms with Crippen LogP contribution in [0.2, 0.25) is 0 Å². The Bertz CT molecular complexity index is 915. The SMILES string of the molecule is O=C(NCc1ccccc1)NC1(C(=O)NC2CCN(C(=O)c3ccoc3)CC2)CCCC1. The van der Waals surface area contributed by atoms with Gasteiger partial charge in [0.25, 0.3) is 5.91 Å². The molecule has 8 heteroatoms. The molecule has 1 saturated carbocycles. The summed E-state index contributed by atoms with van der Waals surface area (Å²) in [7, 11) is 0. The first-order valence-electron chi connectivity index (χ1n) is 11.3. The lowest BCUT2D eigenvalue weighted by Crippen LogP contribution is -2.61. The summed E-state index contributed by atoms with van der Waals surface area (Å²) >= 11 is 0. The molecule has 1 aliphatic carbocycles. The Morgan fingerprint density at radius 1 is 1.03 bits per heavy atom. The highest BCUT2D eigenvalue weighted by Gasteiger charge is 2.43. The number of carbonyl (C=O) groups excluding carboxylic acids is 3. The Kier molecular flexibility index (Phi) is 6.78. The summed E-state index contributed by atoms with van der Waals surface area (Å²) in [6, 6.07) is 11.0. The van der Waals surface area contributed by atoms with Crippen LogP contribution in [0.4, 0.5) is 4.79 Å². The van der Waals surface area contributed by atoms with E-state index in [9.17, 15) is 14.4 Å². The summed E-state index contributed by atoms with van der Waals surface area (Å²) in [4.78, 5) is 40.0. The van der Waals surface area contributed by atoms with Gasteiger partial charge in [-0.25, -0.2) is 4.79 Å². The van der Waals surface area contributed by atoms with Gasteiger partial charge < -0.3 is 25.3 Å². The summed E-state index contributed by atoms with van der Waals surface area (Å²) in [5.41, 5.74) is 0.678. The Morgan fingerprint density at radius 2 is 1.75 bits per heavy atom. The minimum Gasteiger partial charge on any atom is -0.472 e. The summed E-state index contributed by atoms with van der Waals surface area (Å²) in [5.74, 6) is -0.169. The van der Waals surface area contributed by atoms with E-state index >= 15 is 0 Å². The van der Waals surface area contributed by atoms with Gasteiger partial charge in [0.1, 0.15) is 11.8 Å². The first-order chi connectivity index (χ1) is 15.6. The minimum atomic E-state index is -0.871. The summed E-state index contributed by atoms with van der Waals surface area (Å²) in [5, 5.41) is 8.96. The number of carbonyl (C=O) groups is 3. The first kappa shape index (κ1) is 21.9. The molecule has 32 heavy (non-hydrogen) atoms. The molecule has 0 radical (unpaired) electrons. The van der Waals surface area contributed by atoms with E-state index in [2.05, 4.69) is 16.0 Å². The number of nitrogens with one attached hydrogen (secondary N) is 3. The predicted octanol–water partition coefficient (Wildman–Crippen LogP) is 2.81. The molecule has 1 aliphatic heterocycles.